The van der Waals surface area contributed by atoms with E-state index in [4.69, 9.17) is 24.4 Å². The third-order valence-electron chi connectivity index (χ3n) is 8.74. The van der Waals surface area contributed by atoms with Crippen molar-refractivity contribution in [2.45, 2.75) is 91.8 Å². The Balaban J connectivity index is 1.54. The Morgan fingerprint density at radius 2 is 1.38 bits per heavy atom. The van der Waals surface area contributed by atoms with Gasteiger partial charge in [-0.15, -0.1) is 0 Å². The zero-order valence-electron chi connectivity index (χ0n) is 27.3. The number of aromatic hydroxyl groups is 1. The van der Waals surface area contributed by atoms with Crippen LogP contribution < -0.4 is 4.74 Å². The Bertz CT molecular complexity index is 1700. The van der Waals surface area contributed by atoms with Crippen molar-refractivity contribution in [3.63, 3.8) is 0 Å². The van der Waals surface area contributed by atoms with Crippen molar-refractivity contribution >= 4 is 21.5 Å². The molecule has 0 saturated carbocycles. The lowest BCUT2D eigenvalue weighted by molar-refractivity contribution is 0.0312. The highest BCUT2D eigenvalue weighted by Crippen LogP contribution is 2.36. The fourth-order valence-electron chi connectivity index (χ4n) is 5.90. The fourth-order valence-corrected chi connectivity index (χ4v) is 5.90. The third kappa shape index (κ3) is 7.98. The summed E-state index contributed by atoms with van der Waals surface area (Å²) in [6.07, 6.45) is 9.01. The van der Waals surface area contributed by atoms with E-state index in [1.165, 1.54) is 11.8 Å². The minimum Gasteiger partial charge on any atom is -0.507 e. The van der Waals surface area contributed by atoms with Gasteiger partial charge in [0.25, 0.3) is 0 Å². The summed E-state index contributed by atoms with van der Waals surface area (Å²) >= 11 is 0. The predicted molar refractivity (Wildman–Crippen MR) is 185 cm³/mol. The fraction of sp³-hybridized carbons (Fsp3) is 0.410. The summed E-state index contributed by atoms with van der Waals surface area (Å²) in [5, 5.41) is 15.7. The number of phenolic OH excluding ortho intramolecular Hbond substituents is 1. The molecular weight excluding hydrogens is 558 g/mol. The molecule has 0 fully saturated rings. The normalized spacial score (nSPS) is 12.9. The zero-order chi connectivity index (χ0) is 31.6. The highest BCUT2D eigenvalue weighted by Gasteiger charge is 2.19. The van der Waals surface area contributed by atoms with Crippen LogP contribution in [0.3, 0.4) is 0 Å². The average molecular weight is 606 g/mol. The van der Waals surface area contributed by atoms with Crippen molar-refractivity contribution in [2.75, 3.05) is 6.61 Å². The number of unbranched alkanes of at least 4 members (excludes halogenated alkanes) is 2. The van der Waals surface area contributed by atoms with Gasteiger partial charge >= 0.3 is 6.01 Å². The maximum atomic E-state index is 11.2. The zero-order valence-corrected chi connectivity index (χ0v) is 27.3. The number of phenols is 1. The Kier molecular flexibility index (Phi) is 11.4. The summed E-state index contributed by atoms with van der Waals surface area (Å²) in [5.41, 5.74) is 2.35. The molecule has 0 spiro atoms. The van der Waals surface area contributed by atoms with Crippen LogP contribution in [0, 0.1) is 5.92 Å². The molecule has 2 atom stereocenters. The summed E-state index contributed by atoms with van der Waals surface area (Å²) in [5.74, 6) is 1.44. The lowest BCUT2D eigenvalue weighted by atomic mass is 9.97. The first-order chi connectivity index (χ1) is 22.0. The van der Waals surface area contributed by atoms with Crippen LogP contribution >= 0.6 is 0 Å². The second-order valence-electron chi connectivity index (χ2n) is 12.0. The molecule has 0 bridgehead atoms. The van der Waals surface area contributed by atoms with Crippen LogP contribution in [0.4, 0.5) is 0 Å². The van der Waals surface area contributed by atoms with E-state index in [-0.39, 0.29) is 17.9 Å². The second kappa shape index (κ2) is 15.8. The summed E-state index contributed by atoms with van der Waals surface area (Å²) in [6.45, 7) is 9.76. The summed E-state index contributed by atoms with van der Waals surface area (Å²) < 4.78 is 12.5. The number of benzene rings is 4. The maximum absolute atomic E-state index is 11.2. The van der Waals surface area contributed by atoms with Gasteiger partial charge in [-0.2, -0.15) is 9.97 Å². The van der Waals surface area contributed by atoms with E-state index in [1.807, 2.05) is 24.3 Å². The molecule has 0 saturated heterocycles. The first-order valence-corrected chi connectivity index (χ1v) is 16.8. The predicted octanol–water partition coefficient (Wildman–Crippen LogP) is 10.3. The number of fused-ring (bicyclic) bond motifs is 3. The average Bonchev–Trinajstić information content (AvgIpc) is 3.08. The summed E-state index contributed by atoms with van der Waals surface area (Å²) in [6, 6.07) is 24.7. The van der Waals surface area contributed by atoms with Gasteiger partial charge in [0.1, 0.15) is 5.75 Å². The van der Waals surface area contributed by atoms with Gasteiger partial charge in [0.2, 0.25) is 0 Å². The van der Waals surface area contributed by atoms with Crippen LogP contribution in [0.15, 0.2) is 72.8 Å². The third-order valence-corrected chi connectivity index (χ3v) is 8.74. The van der Waals surface area contributed by atoms with Gasteiger partial charge < -0.3 is 14.6 Å². The number of ether oxygens (including phenoxy) is 2. The first-order valence-electron chi connectivity index (χ1n) is 16.8. The molecule has 5 rings (SSSR count). The van der Waals surface area contributed by atoms with Crippen molar-refractivity contribution < 1.29 is 14.6 Å². The molecule has 4 aromatic carbocycles. The molecular formula is C39H47N3O3. The highest BCUT2D eigenvalue weighted by molar-refractivity contribution is 6.13. The molecule has 6 heteroatoms. The van der Waals surface area contributed by atoms with E-state index in [2.05, 4.69) is 70.2 Å². The van der Waals surface area contributed by atoms with E-state index in [9.17, 15) is 5.11 Å². The number of nitrogens with zero attached hydrogens (tertiary/aromatic N) is 3. The molecule has 236 valence electrons. The number of rotatable bonds is 16. The molecule has 1 N–H and O–H groups in total. The monoisotopic (exact) mass is 605 g/mol. The molecule has 45 heavy (non-hydrogen) atoms. The molecule has 6 nitrogen and oxygen atoms in total. The molecule has 5 aromatic rings. The van der Waals surface area contributed by atoms with Gasteiger partial charge in [-0.05, 0) is 70.5 Å². The van der Waals surface area contributed by atoms with Gasteiger partial charge in [0.05, 0.1) is 24.9 Å². The number of aromatic nitrogens is 3. The van der Waals surface area contributed by atoms with E-state index in [1.54, 1.807) is 6.07 Å². The maximum Gasteiger partial charge on any atom is 0.320 e. The molecule has 0 aliphatic heterocycles. The minimum atomic E-state index is 0.110. The number of hydrogen-bond donors (Lipinski definition) is 1. The standard InChI is InChI=1S/C39H47N3O3/c1-5-9-15-27(7-3)25-45-39-41-37(34-22-21-28(23-36(34)43)26-44-30(8-4)17-10-6-2)40-38(42-39)35-24-29-16-11-12-18-31(29)32-19-13-14-20-33(32)35/h11-14,16,18-24,27,30,43H,5-10,15,17,25-26H2,1-4H3. The molecule has 2 unspecified atom stereocenters. The SMILES string of the molecule is CCCCC(CC)COc1nc(-c2ccc(COC(CC)CCCC)cc2O)nc(-c2cc3ccccc3c3ccccc23)n1. The van der Waals surface area contributed by atoms with E-state index < -0.39 is 0 Å². The Morgan fingerprint density at radius 1 is 0.689 bits per heavy atom. The Hall–Kier alpha value is -4.03. The van der Waals surface area contributed by atoms with Crippen LogP contribution in [0.25, 0.3) is 44.3 Å². The van der Waals surface area contributed by atoms with Crippen LogP contribution in [0.2, 0.25) is 0 Å². The molecule has 0 amide bonds. The number of hydrogen-bond acceptors (Lipinski definition) is 6. The van der Waals surface area contributed by atoms with Crippen LogP contribution in [0.5, 0.6) is 11.8 Å². The highest BCUT2D eigenvalue weighted by atomic mass is 16.5. The van der Waals surface area contributed by atoms with Gasteiger partial charge in [-0.25, -0.2) is 4.98 Å². The van der Waals surface area contributed by atoms with Crippen molar-refractivity contribution in [3.05, 3.63) is 78.4 Å². The van der Waals surface area contributed by atoms with Gasteiger partial charge in [0.15, 0.2) is 11.6 Å². The van der Waals surface area contributed by atoms with Crippen LogP contribution in [-0.2, 0) is 11.3 Å². The van der Waals surface area contributed by atoms with Crippen molar-refractivity contribution in [2.24, 2.45) is 5.92 Å². The Morgan fingerprint density at radius 3 is 2.09 bits per heavy atom. The Labute approximate surface area is 267 Å². The largest absolute Gasteiger partial charge is 0.507 e. The molecule has 0 aliphatic rings. The first kappa shape index (κ1) is 32.4. The lowest BCUT2D eigenvalue weighted by Gasteiger charge is -2.17. The van der Waals surface area contributed by atoms with Crippen LogP contribution in [-0.4, -0.2) is 32.8 Å². The van der Waals surface area contributed by atoms with Crippen molar-refractivity contribution in [3.8, 4) is 34.5 Å². The quantitative estimate of drug-likeness (QED) is 0.113. The van der Waals surface area contributed by atoms with Crippen LogP contribution in [0.1, 0.15) is 84.6 Å². The second-order valence-corrected chi connectivity index (χ2v) is 12.0. The summed E-state index contributed by atoms with van der Waals surface area (Å²) in [4.78, 5) is 14.5. The van der Waals surface area contributed by atoms with Crippen molar-refractivity contribution in [1.82, 2.24) is 15.0 Å². The molecule has 0 aliphatic carbocycles. The summed E-state index contributed by atoms with van der Waals surface area (Å²) in [7, 11) is 0. The van der Waals surface area contributed by atoms with Gasteiger partial charge in [0, 0.05) is 5.56 Å². The molecule has 1 aromatic heterocycles. The van der Waals surface area contributed by atoms with Crippen molar-refractivity contribution in [1.29, 1.82) is 0 Å². The van der Waals surface area contributed by atoms with E-state index in [0.29, 0.717) is 36.3 Å². The minimum absolute atomic E-state index is 0.110. The smallest absolute Gasteiger partial charge is 0.320 e. The van der Waals surface area contributed by atoms with E-state index in [0.717, 1.165) is 72.2 Å². The lowest BCUT2D eigenvalue weighted by Crippen LogP contribution is -2.13. The molecule has 1 heterocycles. The van der Waals surface area contributed by atoms with Gasteiger partial charge in [-0.1, -0.05) is 114 Å². The molecule has 0 radical (unpaired) electrons. The van der Waals surface area contributed by atoms with E-state index >= 15 is 0 Å². The topological polar surface area (TPSA) is 77.4 Å². The van der Waals surface area contributed by atoms with Gasteiger partial charge in [-0.3, -0.25) is 0 Å².